The van der Waals surface area contributed by atoms with Crippen LogP contribution < -0.4 is 9.64 Å². The van der Waals surface area contributed by atoms with Gasteiger partial charge in [0.15, 0.2) is 5.78 Å². The Hall–Kier alpha value is -1.35. The Morgan fingerprint density at radius 2 is 2.00 bits per heavy atom. The minimum absolute atomic E-state index is 0.0844. The van der Waals surface area contributed by atoms with Crippen molar-refractivity contribution in [1.29, 1.82) is 0 Å². The van der Waals surface area contributed by atoms with Gasteiger partial charge in [-0.1, -0.05) is 26.0 Å². The Morgan fingerprint density at radius 1 is 1.29 bits per heavy atom. The number of carbonyl (C=O) groups is 1. The molecule has 2 atom stereocenters. The molecule has 2 rings (SSSR count). The number of piperidine rings is 1. The van der Waals surface area contributed by atoms with Crippen LogP contribution in [0.25, 0.3) is 0 Å². The number of carbonyl (C=O) groups excluding carboxylic acids is 1. The fourth-order valence-electron chi connectivity index (χ4n) is 3.44. The van der Waals surface area contributed by atoms with E-state index in [1.165, 1.54) is 26.1 Å². The maximum absolute atomic E-state index is 11.3. The highest BCUT2D eigenvalue weighted by Gasteiger charge is 2.24. The fourth-order valence-corrected chi connectivity index (χ4v) is 3.44. The molecular weight excluding hydrogens is 262 g/mol. The summed E-state index contributed by atoms with van der Waals surface area (Å²) in [6.45, 7) is 10.8. The summed E-state index contributed by atoms with van der Waals surface area (Å²) in [5.41, 5.74) is 0.719. The Morgan fingerprint density at radius 3 is 2.67 bits per heavy atom. The second-order valence-electron chi connectivity index (χ2n) is 6.64. The number of ether oxygens (including phenoxy) is 1. The molecular formula is C18H28NO2+. The normalized spacial score (nSPS) is 25.6. The molecule has 1 fully saturated rings. The van der Waals surface area contributed by atoms with Crippen molar-refractivity contribution in [3.8, 4) is 5.75 Å². The van der Waals surface area contributed by atoms with Crippen molar-refractivity contribution in [3.05, 3.63) is 29.8 Å². The van der Waals surface area contributed by atoms with Gasteiger partial charge in [-0.05, 0) is 25.5 Å². The molecule has 0 saturated carbocycles. The van der Waals surface area contributed by atoms with Crippen LogP contribution >= 0.6 is 0 Å². The first-order valence-corrected chi connectivity index (χ1v) is 8.12. The average Bonchev–Trinajstić information content (AvgIpc) is 2.43. The summed E-state index contributed by atoms with van der Waals surface area (Å²) in [5, 5.41) is 0. The molecule has 3 heteroatoms. The van der Waals surface area contributed by atoms with Crippen LogP contribution in [0.5, 0.6) is 5.75 Å². The minimum atomic E-state index is 0.0844. The molecule has 1 saturated heterocycles. The molecule has 1 aliphatic heterocycles. The van der Waals surface area contributed by atoms with E-state index in [1.54, 1.807) is 11.8 Å². The SMILES string of the molecule is CC(=O)c1cccc(OCCC[NH+]2C[C@H](C)C[C@@H](C)C2)c1. The van der Waals surface area contributed by atoms with Crippen molar-refractivity contribution < 1.29 is 14.4 Å². The largest absolute Gasteiger partial charge is 0.493 e. The highest BCUT2D eigenvalue weighted by Crippen LogP contribution is 2.14. The van der Waals surface area contributed by atoms with Crippen LogP contribution in [-0.4, -0.2) is 32.0 Å². The van der Waals surface area contributed by atoms with Gasteiger partial charge in [0, 0.05) is 23.8 Å². The molecule has 0 aromatic heterocycles. The van der Waals surface area contributed by atoms with Gasteiger partial charge in [0.2, 0.25) is 0 Å². The van der Waals surface area contributed by atoms with Gasteiger partial charge in [0.1, 0.15) is 5.75 Å². The zero-order valence-electron chi connectivity index (χ0n) is 13.5. The number of hydrogen-bond donors (Lipinski definition) is 1. The lowest BCUT2D eigenvalue weighted by atomic mass is 9.92. The number of hydrogen-bond acceptors (Lipinski definition) is 2. The number of Topliss-reactive ketones (excluding diaryl/α,β-unsaturated/α-hetero) is 1. The molecule has 3 nitrogen and oxygen atoms in total. The van der Waals surface area contributed by atoms with Crippen molar-refractivity contribution in [2.75, 3.05) is 26.2 Å². The summed E-state index contributed by atoms with van der Waals surface area (Å²) in [5.74, 6) is 2.58. The van der Waals surface area contributed by atoms with Gasteiger partial charge in [-0.3, -0.25) is 4.79 Å². The first-order valence-electron chi connectivity index (χ1n) is 8.12. The first-order chi connectivity index (χ1) is 10.0. The number of rotatable bonds is 6. The standard InChI is InChI=1S/C18H27NO2/c1-14-10-15(2)13-19(12-14)8-5-9-21-18-7-4-6-17(11-18)16(3)20/h4,6-7,11,14-15H,5,8-10,12-13H2,1-3H3/p+1/t14-,15-/m1/s1. The third kappa shape index (κ3) is 5.16. The average molecular weight is 290 g/mol. The molecule has 1 aromatic rings. The van der Waals surface area contributed by atoms with Crippen LogP contribution in [0.3, 0.4) is 0 Å². The van der Waals surface area contributed by atoms with E-state index in [1.807, 2.05) is 24.3 Å². The number of nitrogens with one attached hydrogen (secondary N) is 1. The van der Waals surface area contributed by atoms with E-state index in [4.69, 9.17) is 4.74 Å². The third-order valence-corrected chi connectivity index (χ3v) is 4.26. The second kappa shape index (κ2) is 7.60. The summed E-state index contributed by atoms with van der Waals surface area (Å²) in [6.07, 6.45) is 2.44. The highest BCUT2D eigenvalue weighted by molar-refractivity contribution is 5.94. The third-order valence-electron chi connectivity index (χ3n) is 4.26. The molecule has 0 radical (unpaired) electrons. The molecule has 1 aromatic carbocycles. The van der Waals surface area contributed by atoms with Crippen molar-refractivity contribution in [1.82, 2.24) is 0 Å². The maximum Gasteiger partial charge on any atom is 0.159 e. The molecule has 1 aliphatic rings. The summed E-state index contributed by atoms with van der Waals surface area (Å²) >= 11 is 0. The number of quaternary nitrogens is 1. The zero-order valence-corrected chi connectivity index (χ0v) is 13.5. The van der Waals surface area contributed by atoms with Crippen LogP contribution in [0, 0.1) is 11.8 Å². The van der Waals surface area contributed by atoms with Crippen LogP contribution in [-0.2, 0) is 0 Å². The lowest BCUT2D eigenvalue weighted by molar-refractivity contribution is -0.912. The van der Waals surface area contributed by atoms with Gasteiger partial charge >= 0.3 is 0 Å². The quantitative estimate of drug-likeness (QED) is 0.643. The van der Waals surface area contributed by atoms with E-state index < -0.39 is 0 Å². The van der Waals surface area contributed by atoms with E-state index in [2.05, 4.69) is 13.8 Å². The van der Waals surface area contributed by atoms with Gasteiger partial charge in [0.05, 0.1) is 26.2 Å². The molecule has 0 unspecified atom stereocenters. The van der Waals surface area contributed by atoms with Crippen LogP contribution in [0.2, 0.25) is 0 Å². The van der Waals surface area contributed by atoms with Crippen molar-refractivity contribution in [3.63, 3.8) is 0 Å². The van der Waals surface area contributed by atoms with E-state index in [9.17, 15) is 4.79 Å². The smallest absolute Gasteiger partial charge is 0.159 e. The van der Waals surface area contributed by atoms with Gasteiger partial charge < -0.3 is 9.64 Å². The van der Waals surface area contributed by atoms with E-state index >= 15 is 0 Å². The minimum Gasteiger partial charge on any atom is -0.493 e. The van der Waals surface area contributed by atoms with Gasteiger partial charge in [-0.15, -0.1) is 0 Å². The molecule has 1 N–H and O–H groups in total. The highest BCUT2D eigenvalue weighted by atomic mass is 16.5. The van der Waals surface area contributed by atoms with Crippen LogP contribution in [0.15, 0.2) is 24.3 Å². The van der Waals surface area contributed by atoms with E-state index in [-0.39, 0.29) is 5.78 Å². The van der Waals surface area contributed by atoms with Crippen molar-refractivity contribution in [2.24, 2.45) is 11.8 Å². The fraction of sp³-hybridized carbons (Fsp3) is 0.611. The zero-order chi connectivity index (χ0) is 15.2. The van der Waals surface area contributed by atoms with Crippen molar-refractivity contribution in [2.45, 2.75) is 33.6 Å². The Bertz CT molecular complexity index is 462. The van der Waals surface area contributed by atoms with Gasteiger partial charge in [-0.25, -0.2) is 0 Å². The summed E-state index contributed by atoms with van der Waals surface area (Å²) in [7, 11) is 0. The monoisotopic (exact) mass is 290 g/mol. The van der Waals surface area contributed by atoms with E-state index in [0.29, 0.717) is 0 Å². The van der Waals surface area contributed by atoms with Crippen LogP contribution in [0.1, 0.15) is 44.0 Å². The lowest BCUT2D eigenvalue weighted by Crippen LogP contribution is -3.14. The lowest BCUT2D eigenvalue weighted by Gasteiger charge is -2.31. The molecule has 0 aliphatic carbocycles. The number of ketones is 1. The van der Waals surface area contributed by atoms with Crippen LogP contribution in [0.4, 0.5) is 0 Å². The predicted molar refractivity (Wildman–Crippen MR) is 85.1 cm³/mol. The second-order valence-corrected chi connectivity index (χ2v) is 6.64. The van der Waals surface area contributed by atoms with E-state index in [0.717, 1.165) is 36.2 Å². The molecule has 1 heterocycles. The summed E-state index contributed by atoms with van der Waals surface area (Å²) < 4.78 is 5.78. The Balaban J connectivity index is 1.72. The van der Waals surface area contributed by atoms with Crippen molar-refractivity contribution >= 4 is 5.78 Å². The van der Waals surface area contributed by atoms with Gasteiger partial charge in [0.25, 0.3) is 0 Å². The number of likely N-dealkylation sites (tertiary alicyclic amines) is 1. The maximum atomic E-state index is 11.3. The summed E-state index contributed by atoms with van der Waals surface area (Å²) in [6, 6.07) is 7.46. The molecule has 21 heavy (non-hydrogen) atoms. The molecule has 0 bridgehead atoms. The first kappa shape index (κ1) is 16.0. The molecule has 0 spiro atoms. The van der Waals surface area contributed by atoms with Gasteiger partial charge in [-0.2, -0.15) is 0 Å². The predicted octanol–water partition coefficient (Wildman–Crippen LogP) is 2.22. The number of benzene rings is 1. The Kier molecular flexibility index (Phi) is 5.80. The Labute approximate surface area is 128 Å². The summed E-state index contributed by atoms with van der Waals surface area (Å²) in [4.78, 5) is 13.0. The topological polar surface area (TPSA) is 30.7 Å². The molecule has 0 amide bonds. The molecule has 116 valence electrons.